The summed E-state index contributed by atoms with van der Waals surface area (Å²) in [6.45, 7) is 4.04. The van der Waals surface area contributed by atoms with Crippen molar-refractivity contribution in [3.05, 3.63) is 65.4 Å². The van der Waals surface area contributed by atoms with Crippen molar-refractivity contribution < 1.29 is 4.39 Å². The second kappa shape index (κ2) is 7.49. The van der Waals surface area contributed by atoms with E-state index in [1.54, 1.807) is 6.07 Å². The van der Waals surface area contributed by atoms with Gasteiger partial charge in [-0.3, -0.25) is 0 Å². The van der Waals surface area contributed by atoms with Gasteiger partial charge in [-0.15, -0.1) is 0 Å². The highest BCUT2D eigenvalue weighted by atomic mass is 35.5. The molecular formula is C19H18ClFN4. The molecule has 4 nitrogen and oxygen atoms in total. The van der Waals surface area contributed by atoms with Crippen molar-refractivity contribution in [2.75, 3.05) is 10.6 Å². The lowest BCUT2D eigenvalue weighted by Crippen LogP contribution is -2.13. The predicted molar refractivity (Wildman–Crippen MR) is 101 cm³/mol. The summed E-state index contributed by atoms with van der Waals surface area (Å²) in [5.74, 6) is 0.661. The maximum Gasteiger partial charge on any atom is 0.225 e. The summed E-state index contributed by atoms with van der Waals surface area (Å²) in [5, 5.41) is 6.43. The van der Waals surface area contributed by atoms with Crippen LogP contribution in [0.25, 0.3) is 11.3 Å². The van der Waals surface area contributed by atoms with Gasteiger partial charge in [-0.2, -0.15) is 4.98 Å². The molecule has 1 heterocycles. The fourth-order valence-electron chi connectivity index (χ4n) is 2.31. The number of hydrogen-bond acceptors (Lipinski definition) is 4. The lowest BCUT2D eigenvalue weighted by molar-refractivity contribution is 0.628. The second-order valence-corrected chi connectivity index (χ2v) is 6.29. The Hall–Kier alpha value is -2.66. The summed E-state index contributed by atoms with van der Waals surface area (Å²) in [6, 6.07) is 16.3. The minimum absolute atomic E-state index is 0.0582. The van der Waals surface area contributed by atoms with Gasteiger partial charge in [0.05, 0.1) is 10.7 Å². The molecule has 1 aromatic heterocycles. The van der Waals surface area contributed by atoms with E-state index >= 15 is 0 Å². The molecule has 0 radical (unpaired) electrons. The zero-order valence-corrected chi connectivity index (χ0v) is 14.7. The van der Waals surface area contributed by atoms with E-state index in [-0.39, 0.29) is 11.1 Å². The van der Waals surface area contributed by atoms with E-state index in [0.29, 0.717) is 17.5 Å². The van der Waals surface area contributed by atoms with E-state index in [0.717, 1.165) is 11.3 Å². The molecular weight excluding hydrogens is 339 g/mol. The van der Waals surface area contributed by atoms with Gasteiger partial charge in [-0.1, -0.05) is 41.9 Å². The Morgan fingerprint density at radius 1 is 1.00 bits per heavy atom. The van der Waals surface area contributed by atoms with E-state index in [2.05, 4.69) is 20.6 Å². The number of nitrogens with zero attached hydrogens (tertiary/aromatic N) is 2. The van der Waals surface area contributed by atoms with Gasteiger partial charge in [0.15, 0.2) is 0 Å². The van der Waals surface area contributed by atoms with Crippen molar-refractivity contribution in [3.63, 3.8) is 0 Å². The quantitative estimate of drug-likeness (QED) is 0.633. The molecule has 0 saturated heterocycles. The van der Waals surface area contributed by atoms with E-state index in [4.69, 9.17) is 11.6 Å². The Kier molecular flexibility index (Phi) is 5.14. The lowest BCUT2D eigenvalue weighted by atomic mass is 10.1. The van der Waals surface area contributed by atoms with Crippen LogP contribution in [0.15, 0.2) is 54.6 Å². The monoisotopic (exact) mass is 356 g/mol. The van der Waals surface area contributed by atoms with E-state index in [1.807, 2.05) is 50.2 Å². The number of anilines is 3. The molecule has 0 unspecified atom stereocenters. The Bertz CT molecular complexity index is 869. The summed E-state index contributed by atoms with van der Waals surface area (Å²) in [5.41, 5.74) is 2.42. The van der Waals surface area contributed by atoms with Crippen molar-refractivity contribution in [1.82, 2.24) is 9.97 Å². The molecule has 0 fully saturated rings. The Morgan fingerprint density at radius 2 is 1.76 bits per heavy atom. The van der Waals surface area contributed by atoms with E-state index in [9.17, 15) is 4.39 Å². The lowest BCUT2D eigenvalue weighted by Gasteiger charge is -2.13. The number of aromatic nitrogens is 2. The highest BCUT2D eigenvalue weighted by Crippen LogP contribution is 2.26. The van der Waals surface area contributed by atoms with Crippen LogP contribution in [0.4, 0.5) is 21.8 Å². The van der Waals surface area contributed by atoms with Crippen molar-refractivity contribution in [3.8, 4) is 11.3 Å². The maximum atomic E-state index is 13.3. The fraction of sp³-hybridized carbons (Fsp3) is 0.158. The number of halogens is 2. The van der Waals surface area contributed by atoms with E-state index < -0.39 is 5.82 Å². The SMILES string of the molecule is CC(C)Nc1nc(Nc2ccc(F)c(Cl)c2)cc(-c2ccccc2)n1. The molecule has 0 aliphatic rings. The topological polar surface area (TPSA) is 49.8 Å². The van der Waals surface area contributed by atoms with Crippen LogP contribution in [0.2, 0.25) is 5.02 Å². The first kappa shape index (κ1) is 17.2. The third-order valence-electron chi connectivity index (χ3n) is 3.41. The van der Waals surface area contributed by atoms with Gasteiger partial charge in [0.1, 0.15) is 11.6 Å². The second-order valence-electron chi connectivity index (χ2n) is 5.88. The molecule has 3 rings (SSSR count). The molecule has 3 aromatic rings. The van der Waals surface area contributed by atoms with Crippen LogP contribution in [0.3, 0.4) is 0 Å². The minimum Gasteiger partial charge on any atom is -0.352 e. The van der Waals surface area contributed by atoms with Gasteiger partial charge >= 0.3 is 0 Å². The van der Waals surface area contributed by atoms with Crippen molar-refractivity contribution >= 4 is 29.1 Å². The number of hydrogen-bond donors (Lipinski definition) is 2. The minimum atomic E-state index is -0.456. The van der Waals surface area contributed by atoms with Gasteiger partial charge < -0.3 is 10.6 Å². The third-order valence-corrected chi connectivity index (χ3v) is 3.70. The summed E-state index contributed by atoms with van der Waals surface area (Å²) in [7, 11) is 0. The molecule has 0 atom stereocenters. The molecule has 128 valence electrons. The molecule has 0 aliphatic carbocycles. The van der Waals surface area contributed by atoms with E-state index in [1.165, 1.54) is 12.1 Å². The number of nitrogens with one attached hydrogen (secondary N) is 2. The summed E-state index contributed by atoms with van der Waals surface area (Å²) >= 11 is 5.85. The molecule has 2 aromatic carbocycles. The van der Waals surface area contributed by atoms with Crippen LogP contribution in [0.5, 0.6) is 0 Å². The van der Waals surface area contributed by atoms with Gasteiger partial charge in [0.2, 0.25) is 5.95 Å². The zero-order chi connectivity index (χ0) is 17.8. The van der Waals surface area contributed by atoms with Crippen LogP contribution in [0.1, 0.15) is 13.8 Å². The molecule has 2 N–H and O–H groups in total. The average molecular weight is 357 g/mol. The van der Waals surface area contributed by atoms with Crippen LogP contribution in [0, 0.1) is 5.82 Å². The molecule has 0 aliphatic heterocycles. The van der Waals surface area contributed by atoms with Crippen LogP contribution < -0.4 is 10.6 Å². The van der Waals surface area contributed by atoms with Gasteiger partial charge in [-0.05, 0) is 32.0 Å². The van der Waals surface area contributed by atoms with Gasteiger partial charge in [0, 0.05) is 23.4 Å². The number of benzene rings is 2. The fourth-order valence-corrected chi connectivity index (χ4v) is 2.49. The highest BCUT2D eigenvalue weighted by molar-refractivity contribution is 6.31. The standard InChI is InChI=1S/C19H18ClFN4/c1-12(2)22-19-24-17(13-6-4-3-5-7-13)11-18(25-19)23-14-8-9-16(21)15(20)10-14/h3-12H,1-2H3,(H2,22,23,24,25). The highest BCUT2D eigenvalue weighted by Gasteiger charge is 2.09. The van der Waals surface area contributed by atoms with Crippen molar-refractivity contribution in [2.24, 2.45) is 0 Å². The van der Waals surface area contributed by atoms with Crippen LogP contribution >= 0.6 is 11.6 Å². The molecule has 0 amide bonds. The molecule has 6 heteroatoms. The summed E-state index contributed by atoms with van der Waals surface area (Å²) in [6.07, 6.45) is 0. The normalized spacial score (nSPS) is 10.8. The smallest absolute Gasteiger partial charge is 0.225 e. The first-order chi connectivity index (χ1) is 12.0. The Morgan fingerprint density at radius 3 is 2.44 bits per heavy atom. The first-order valence-electron chi connectivity index (χ1n) is 7.94. The third kappa shape index (κ3) is 4.45. The molecule has 0 spiro atoms. The molecule has 25 heavy (non-hydrogen) atoms. The Balaban J connectivity index is 1.98. The summed E-state index contributed by atoms with van der Waals surface area (Å²) < 4.78 is 13.3. The summed E-state index contributed by atoms with van der Waals surface area (Å²) in [4.78, 5) is 9.05. The predicted octanol–water partition coefficient (Wildman–Crippen LogP) is 5.50. The zero-order valence-electron chi connectivity index (χ0n) is 13.9. The number of rotatable bonds is 5. The Labute approximate surface area is 151 Å². The van der Waals surface area contributed by atoms with Gasteiger partial charge in [0.25, 0.3) is 0 Å². The largest absolute Gasteiger partial charge is 0.352 e. The first-order valence-corrected chi connectivity index (χ1v) is 8.32. The van der Waals surface area contributed by atoms with Gasteiger partial charge in [-0.25, -0.2) is 9.37 Å². The average Bonchev–Trinajstić information content (AvgIpc) is 2.58. The molecule has 0 saturated carbocycles. The van der Waals surface area contributed by atoms with Crippen molar-refractivity contribution in [2.45, 2.75) is 19.9 Å². The van der Waals surface area contributed by atoms with Crippen LogP contribution in [-0.4, -0.2) is 16.0 Å². The van der Waals surface area contributed by atoms with Crippen molar-refractivity contribution in [1.29, 1.82) is 0 Å². The molecule has 0 bridgehead atoms. The van der Waals surface area contributed by atoms with Crippen LogP contribution in [-0.2, 0) is 0 Å². The maximum absolute atomic E-state index is 13.3.